The molecule has 0 aliphatic carbocycles. The maximum Gasteiger partial charge on any atom is 0.119 e. The van der Waals surface area contributed by atoms with Crippen LogP contribution in [0, 0.1) is 0 Å². The Morgan fingerprint density at radius 1 is 1.05 bits per heavy atom. The first-order valence-electron chi connectivity index (χ1n) is 6.91. The van der Waals surface area contributed by atoms with Gasteiger partial charge in [-0.3, -0.25) is 0 Å². The molecule has 0 amide bonds. The number of rotatable bonds is 10. The number of nitrogens with two attached hydrogens (primary N) is 1. The second-order valence-corrected chi connectivity index (χ2v) is 5.77. The van der Waals surface area contributed by atoms with E-state index in [0.717, 1.165) is 49.1 Å². The molecule has 0 spiro atoms. The lowest BCUT2D eigenvalue weighted by molar-refractivity contribution is 0.314. The number of thioether (sulfide) groups is 1. The smallest absolute Gasteiger partial charge is 0.119 e. The Morgan fingerprint density at radius 2 is 1.63 bits per heavy atom. The van der Waals surface area contributed by atoms with E-state index in [2.05, 4.69) is 6.92 Å². The first-order chi connectivity index (χ1) is 9.22. The lowest BCUT2D eigenvalue weighted by Crippen LogP contribution is -2.15. The quantitative estimate of drug-likeness (QED) is 0.669. The average Bonchev–Trinajstić information content (AvgIpc) is 2.41. The largest absolute Gasteiger partial charge is 0.494 e. The van der Waals surface area contributed by atoms with Crippen LogP contribution in [0.5, 0.6) is 11.5 Å². The Bertz CT molecular complexity index is 327. The molecular weight excluding hydrogens is 258 g/mol. The van der Waals surface area contributed by atoms with Gasteiger partial charge in [0.2, 0.25) is 0 Å². The van der Waals surface area contributed by atoms with Crippen LogP contribution in [0.2, 0.25) is 0 Å². The molecule has 1 unspecified atom stereocenters. The van der Waals surface area contributed by atoms with Gasteiger partial charge >= 0.3 is 0 Å². The van der Waals surface area contributed by atoms with Gasteiger partial charge in [-0.25, -0.2) is 0 Å². The molecule has 108 valence electrons. The van der Waals surface area contributed by atoms with E-state index >= 15 is 0 Å². The number of hydrogen-bond donors (Lipinski definition) is 1. The minimum atomic E-state index is 0.295. The van der Waals surface area contributed by atoms with Crippen molar-refractivity contribution >= 4 is 11.8 Å². The van der Waals surface area contributed by atoms with Crippen molar-refractivity contribution < 1.29 is 9.47 Å². The minimum Gasteiger partial charge on any atom is -0.494 e. The molecule has 0 heterocycles. The molecular formula is C15H25NO2S. The van der Waals surface area contributed by atoms with Crippen LogP contribution in [0.15, 0.2) is 24.3 Å². The Labute approximate surface area is 120 Å². The zero-order valence-corrected chi connectivity index (χ0v) is 12.7. The van der Waals surface area contributed by atoms with Crippen molar-refractivity contribution in [2.75, 3.05) is 24.7 Å². The molecule has 0 aliphatic rings. The van der Waals surface area contributed by atoms with E-state index in [1.807, 2.05) is 43.0 Å². The lowest BCUT2D eigenvalue weighted by atomic mass is 10.3. The van der Waals surface area contributed by atoms with Crippen molar-refractivity contribution in [3.8, 4) is 11.5 Å². The number of ether oxygens (including phenoxy) is 2. The van der Waals surface area contributed by atoms with Gasteiger partial charge < -0.3 is 15.2 Å². The minimum absolute atomic E-state index is 0.295. The molecule has 1 atom stereocenters. The maximum absolute atomic E-state index is 5.69. The predicted molar refractivity (Wildman–Crippen MR) is 83.3 cm³/mol. The van der Waals surface area contributed by atoms with E-state index in [-0.39, 0.29) is 0 Å². The fourth-order valence-corrected chi connectivity index (χ4v) is 2.39. The van der Waals surface area contributed by atoms with Crippen LogP contribution >= 0.6 is 11.8 Å². The van der Waals surface area contributed by atoms with Crippen LogP contribution < -0.4 is 15.2 Å². The summed E-state index contributed by atoms with van der Waals surface area (Å²) in [5.41, 5.74) is 5.69. The van der Waals surface area contributed by atoms with Gasteiger partial charge in [0.1, 0.15) is 11.5 Å². The summed E-state index contributed by atoms with van der Waals surface area (Å²) in [5, 5.41) is 0. The number of hydrogen-bond acceptors (Lipinski definition) is 4. The first kappa shape index (κ1) is 16.2. The van der Waals surface area contributed by atoms with Gasteiger partial charge in [0.05, 0.1) is 13.2 Å². The summed E-state index contributed by atoms with van der Waals surface area (Å²) >= 11 is 1.89. The highest BCUT2D eigenvalue weighted by molar-refractivity contribution is 7.99. The summed E-state index contributed by atoms with van der Waals surface area (Å²) in [6.07, 6.45) is 2.09. The van der Waals surface area contributed by atoms with Gasteiger partial charge in [-0.1, -0.05) is 6.92 Å². The highest BCUT2D eigenvalue weighted by Crippen LogP contribution is 2.18. The molecule has 1 aromatic rings. The van der Waals surface area contributed by atoms with Crippen LogP contribution in [-0.4, -0.2) is 30.8 Å². The van der Waals surface area contributed by atoms with Crippen LogP contribution in [0.3, 0.4) is 0 Å². The third-order valence-electron chi connectivity index (χ3n) is 2.51. The Kier molecular flexibility index (Phi) is 8.50. The summed E-state index contributed by atoms with van der Waals surface area (Å²) in [5.74, 6) is 3.91. The van der Waals surface area contributed by atoms with E-state index in [0.29, 0.717) is 6.04 Å². The SMILES string of the molecule is CCCOc1ccc(OCCSCCC(C)N)cc1. The van der Waals surface area contributed by atoms with Gasteiger partial charge in [0.25, 0.3) is 0 Å². The van der Waals surface area contributed by atoms with Crippen LogP contribution in [0.1, 0.15) is 26.7 Å². The maximum atomic E-state index is 5.69. The second kappa shape index (κ2) is 9.98. The molecule has 0 saturated carbocycles. The van der Waals surface area contributed by atoms with Gasteiger partial charge in [0.15, 0.2) is 0 Å². The molecule has 0 aliphatic heterocycles. The highest BCUT2D eigenvalue weighted by Gasteiger charge is 1.97. The second-order valence-electron chi connectivity index (χ2n) is 4.55. The Balaban J connectivity index is 2.12. The average molecular weight is 283 g/mol. The van der Waals surface area contributed by atoms with Gasteiger partial charge in [0, 0.05) is 11.8 Å². The van der Waals surface area contributed by atoms with Crippen molar-refractivity contribution in [2.24, 2.45) is 5.73 Å². The fraction of sp³-hybridized carbons (Fsp3) is 0.600. The van der Waals surface area contributed by atoms with Gasteiger partial charge in [-0.15, -0.1) is 0 Å². The monoisotopic (exact) mass is 283 g/mol. The van der Waals surface area contributed by atoms with Crippen molar-refractivity contribution in [3.63, 3.8) is 0 Å². The van der Waals surface area contributed by atoms with Crippen molar-refractivity contribution in [2.45, 2.75) is 32.7 Å². The number of benzene rings is 1. The van der Waals surface area contributed by atoms with Gasteiger partial charge in [-0.2, -0.15) is 11.8 Å². The molecule has 0 radical (unpaired) electrons. The Hall–Kier alpha value is -0.870. The summed E-state index contributed by atoms with van der Waals surface area (Å²) in [7, 11) is 0. The molecule has 1 rings (SSSR count). The highest BCUT2D eigenvalue weighted by atomic mass is 32.2. The third kappa shape index (κ3) is 8.01. The summed E-state index contributed by atoms with van der Waals surface area (Å²) in [4.78, 5) is 0. The summed E-state index contributed by atoms with van der Waals surface area (Å²) in [6.45, 7) is 5.63. The molecule has 0 saturated heterocycles. The molecule has 0 fully saturated rings. The van der Waals surface area contributed by atoms with E-state index in [9.17, 15) is 0 Å². The standard InChI is InChI=1S/C15H25NO2S/c1-3-9-17-14-4-6-15(7-5-14)18-10-12-19-11-8-13(2)16/h4-7,13H,3,8-12,16H2,1-2H3. The zero-order chi connectivity index (χ0) is 13.9. The van der Waals surface area contributed by atoms with E-state index in [1.54, 1.807) is 0 Å². The normalized spacial score (nSPS) is 12.2. The molecule has 2 N–H and O–H groups in total. The van der Waals surface area contributed by atoms with Gasteiger partial charge in [-0.05, 0) is 49.8 Å². The van der Waals surface area contributed by atoms with E-state index in [1.165, 1.54) is 0 Å². The Morgan fingerprint density at radius 3 is 2.16 bits per heavy atom. The topological polar surface area (TPSA) is 44.5 Å². The molecule has 1 aromatic carbocycles. The first-order valence-corrected chi connectivity index (χ1v) is 8.07. The fourth-order valence-electron chi connectivity index (χ4n) is 1.44. The molecule has 19 heavy (non-hydrogen) atoms. The predicted octanol–water partition coefficient (Wildman–Crippen LogP) is 3.32. The molecule has 3 nitrogen and oxygen atoms in total. The zero-order valence-electron chi connectivity index (χ0n) is 11.9. The molecule has 0 aromatic heterocycles. The van der Waals surface area contributed by atoms with Crippen LogP contribution in [0.25, 0.3) is 0 Å². The van der Waals surface area contributed by atoms with Crippen LogP contribution in [0.4, 0.5) is 0 Å². The van der Waals surface area contributed by atoms with E-state index in [4.69, 9.17) is 15.2 Å². The third-order valence-corrected chi connectivity index (χ3v) is 3.49. The van der Waals surface area contributed by atoms with Crippen molar-refractivity contribution in [1.29, 1.82) is 0 Å². The molecule has 0 bridgehead atoms. The molecule has 4 heteroatoms. The van der Waals surface area contributed by atoms with Crippen molar-refractivity contribution in [3.05, 3.63) is 24.3 Å². The lowest BCUT2D eigenvalue weighted by Gasteiger charge is -2.08. The summed E-state index contributed by atoms with van der Waals surface area (Å²) < 4.78 is 11.2. The summed E-state index contributed by atoms with van der Waals surface area (Å²) in [6, 6.07) is 8.11. The van der Waals surface area contributed by atoms with E-state index < -0.39 is 0 Å². The van der Waals surface area contributed by atoms with Crippen LogP contribution in [-0.2, 0) is 0 Å². The van der Waals surface area contributed by atoms with Crippen molar-refractivity contribution in [1.82, 2.24) is 0 Å².